The van der Waals surface area contributed by atoms with Crippen molar-refractivity contribution >= 4 is 21.7 Å². The largest absolute Gasteiger partial charge is 0.480 e. The van der Waals surface area contributed by atoms with Crippen molar-refractivity contribution in [3.63, 3.8) is 0 Å². The van der Waals surface area contributed by atoms with Crippen LogP contribution in [0.1, 0.15) is 13.8 Å². The molecule has 0 unspecified atom stereocenters. The van der Waals surface area contributed by atoms with Gasteiger partial charge < -0.3 is 5.11 Å². The van der Waals surface area contributed by atoms with Crippen molar-refractivity contribution in [2.75, 3.05) is 0 Å². The lowest BCUT2D eigenvalue weighted by atomic mass is 10.1. The number of carbonyl (C=O) groups is 1. The first-order valence-electron chi connectivity index (χ1n) is 5.65. The van der Waals surface area contributed by atoms with Gasteiger partial charge in [-0.05, 0) is 12.0 Å². The first-order chi connectivity index (χ1) is 9.16. The molecule has 0 saturated heterocycles. The molecule has 2 N–H and O–H groups in total. The summed E-state index contributed by atoms with van der Waals surface area (Å²) in [5.74, 6) is -1.85. The smallest absolute Gasteiger partial charge is 0.322 e. The Morgan fingerprint density at radius 3 is 2.35 bits per heavy atom. The number of benzene rings is 1. The fourth-order valence-corrected chi connectivity index (χ4v) is 3.05. The minimum Gasteiger partial charge on any atom is -0.480 e. The van der Waals surface area contributed by atoms with E-state index in [1.165, 1.54) is 26.0 Å². The van der Waals surface area contributed by atoms with Crippen molar-refractivity contribution in [2.24, 2.45) is 5.92 Å². The molecule has 0 fully saturated rings. The second-order valence-electron chi connectivity index (χ2n) is 4.41. The maximum atomic E-state index is 12.1. The molecule has 20 heavy (non-hydrogen) atoms. The second kappa shape index (κ2) is 5.97. The van der Waals surface area contributed by atoms with Gasteiger partial charge in [-0.15, -0.1) is 0 Å². The van der Waals surface area contributed by atoms with Crippen LogP contribution in [0.4, 0.5) is 5.69 Å². The molecule has 1 atom stereocenters. The Bertz CT molecular complexity index is 626. The summed E-state index contributed by atoms with van der Waals surface area (Å²) in [6.45, 7) is 3.06. The van der Waals surface area contributed by atoms with E-state index in [9.17, 15) is 23.3 Å². The molecule has 0 saturated carbocycles. The van der Waals surface area contributed by atoms with Gasteiger partial charge in [-0.1, -0.05) is 26.0 Å². The van der Waals surface area contributed by atoms with Crippen LogP contribution >= 0.6 is 0 Å². The van der Waals surface area contributed by atoms with Crippen molar-refractivity contribution in [1.82, 2.24) is 4.72 Å². The zero-order chi connectivity index (χ0) is 15.5. The number of hydrogen-bond acceptors (Lipinski definition) is 5. The SMILES string of the molecule is CC(C)[C@@H](NS(=O)(=O)c1ccccc1[N+](=O)[O-])C(=O)O. The van der Waals surface area contributed by atoms with E-state index in [1.54, 1.807) is 0 Å². The molecule has 1 aromatic rings. The first kappa shape index (κ1) is 16.1. The van der Waals surface area contributed by atoms with Crippen molar-refractivity contribution in [2.45, 2.75) is 24.8 Å². The zero-order valence-electron chi connectivity index (χ0n) is 10.8. The van der Waals surface area contributed by atoms with E-state index in [4.69, 9.17) is 5.11 Å². The average Bonchev–Trinajstić information content (AvgIpc) is 2.35. The molecule has 0 radical (unpaired) electrons. The minimum absolute atomic E-state index is 0.509. The lowest BCUT2D eigenvalue weighted by Gasteiger charge is -2.17. The Hall–Kier alpha value is -2.00. The quantitative estimate of drug-likeness (QED) is 0.595. The Morgan fingerprint density at radius 2 is 1.90 bits per heavy atom. The summed E-state index contributed by atoms with van der Waals surface area (Å²) in [7, 11) is -4.30. The highest BCUT2D eigenvalue weighted by atomic mass is 32.2. The molecule has 9 heteroatoms. The molecule has 0 spiro atoms. The van der Waals surface area contributed by atoms with Crippen LogP contribution in [0.5, 0.6) is 0 Å². The van der Waals surface area contributed by atoms with Gasteiger partial charge in [0.05, 0.1) is 4.92 Å². The number of nitrogens with one attached hydrogen (secondary N) is 1. The molecule has 1 aromatic carbocycles. The summed E-state index contributed by atoms with van der Waals surface area (Å²) in [5, 5.41) is 19.8. The Morgan fingerprint density at radius 1 is 1.35 bits per heavy atom. The van der Waals surface area contributed by atoms with E-state index in [1.807, 2.05) is 4.72 Å². The number of nitro groups is 1. The summed E-state index contributed by atoms with van der Waals surface area (Å²) in [4.78, 5) is 20.4. The molecule has 0 aliphatic heterocycles. The number of carboxylic acid groups (broad SMARTS) is 1. The molecular weight excluding hydrogens is 288 g/mol. The lowest BCUT2D eigenvalue weighted by Crippen LogP contribution is -2.44. The third kappa shape index (κ3) is 3.52. The van der Waals surface area contributed by atoms with Crippen molar-refractivity contribution < 1.29 is 23.2 Å². The lowest BCUT2D eigenvalue weighted by molar-refractivity contribution is -0.387. The number of hydrogen-bond donors (Lipinski definition) is 2. The fourth-order valence-electron chi connectivity index (χ4n) is 1.54. The van der Waals surface area contributed by atoms with Crippen LogP contribution in [0.15, 0.2) is 29.2 Å². The Labute approximate surface area is 115 Å². The molecule has 8 nitrogen and oxygen atoms in total. The van der Waals surface area contributed by atoms with Gasteiger partial charge >= 0.3 is 5.97 Å². The molecule has 0 aliphatic carbocycles. The van der Waals surface area contributed by atoms with Crippen molar-refractivity contribution in [3.05, 3.63) is 34.4 Å². The van der Waals surface area contributed by atoms with E-state index in [-0.39, 0.29) is 0 Å². The fraction of sp³-hybridized carbons (Fsp3) is 0.364. The maximum absolute atomic E-state index is 12.1. The third-order valence-corrected chi connectivity index (χ3v) is 4.05. The van der Waals surface area contributed by atoms with Gasteiger partial charge in [0.15, 0.2) is 4.90 Å². The molecule has 110 valence electrons. The number of rotatable bonds is 6. The molecular formula is C11H14N2O6S. The molecule has 0 aliphatic rings. The Kier molecular flexibility index (Phi) is 4.79. The van der Waals surface area contributed by atoms with Gasteiger partial charge in [0.1, 0.15) is 6.04 Å². The molecule has 0 heterocycles. The number of nitrogens with zero attached hydrogens (tertiary/aromatic N) is 1. The monoisotopic (exact) mass is 302 g/mol. The number of aliphatic carboxylic acids is 1. The number of nitro benzene ring substituents is 1. The standard InChI is InChI=1S/C11H14N2O6S/c1-7(2)10(11(14)15)12-20(18,19)9-6-4-3-5-8(9)13(16)17/h3-7,10,12H,1-2H3,(H,14,15)/t10-/m1/s1. The predicted molar refractivity (Wildman–Crippen MR) is 69.7 cm³/mol. The van der Waals surface area contributed by atoms with Crippen LogP contribution in [0.2, 0.25) is 0 Å². The maximum Gasteiger partial charge on any atom is 0.322 e. The summed E-state index contributed by atoms with van der Waals surface area (Å²) >= 11 is 0. The van der Waals surface area contributed by atoms with E-state index in [0.29, 0.717) is 0 Å². The topological polar surface area (TPSA) is 127 Å². The van der Waals surface area contributed by atoms with Gasteiger partial charge in [-0.2, -0.15) is 4.72 Å². The molecule has 0 amide bonds. The molecule has 0 aromatic heterocycles. The van der Waals surface area contributed by atoms with Crippen LogP contribution in [0, 0.1) is 16.0 Å². The van der Waals surface area contributed by atoms with E-state index in [0.717, 1.165) is 12.1 Å². The van der Waals surface area contributed by atoms with E-state index >= 15 is 0 Å². The zero-order valence-corrected chi connectivity index (χ0v) is 11.6. The number of para-hydroxylation sites is 1. The van der Waals surface area contributed by atoms with Gasteiger partial charge in [0.2, 0.25) is 10.0 Å². The highest BCUT2D eigenvalue weighted by molar-refractivity contribution is 7.89. The molecule has 0 bridgehead atoms. The van der Waals surface area contributed by atoms with Crippen molar-refractivity contribution in [3.8, 4) is 0 Å². The highest BCUT2D eigenvalue weighted by Gasteiger charge is 2.31. The summed E-state index contributed by atoms with van der Waals surface area (Å²) in [6, 6.07) is 3.39. The highest BCUT2D eigenvalue weighted by Crippen LogP contribution is 2.23. The second-order valence-corrected chi connectivity index (χ2v) is 6.09. The number of carboxylic acids is 1. The van der Waals surface area contributed by atoms with Crippen LogP contribution in [-0.4, -0.2) is 30.5 Å². The summed E-state index contributed by atoms with van der Waals surface area (Å²) < 4.78 is 26.2. The first-order valence-corrected chi connectivity index (χ1v) is 7.13. The average molecular weight is 302 g/mol. The number of sulfonamides is 1. The van der Waals surface area contributed by atoms with Gasteiger partial charge in [-0.25, -0.2) is 8.42 Å². The van der Waals surface area contributed by atoms with Crippen LogP contribution in [0.25, 0.3) is 0 Å². The van der Waals surface area contributed by atoms with Crippen LogP contribution in [0.3, 0.4) is 0 Å². The minimum atomic E-state index is -4.30. The van der Waals surface area contributed by atoms with E-state index < -0.39 is 43.5 Å². The normalized spacial score (nSPS) is 13.2. The van der Waals surface area contributed by atoms with E-state index in [2.05, 4.69) is 0 Å². The summed E-state index contributed by atoms with van der Waals surface area (Å²) in [5.41, 5.74) is -0.604. The van der Waals surface area contributed by atoms with Crippen LogP contribution < -0.4 is 4.72 Å². The summed E-state index contributed by atoms with van der Waals surface area (Å²) in [6.07, 6.45) is 0. The predicted octanol–water partition coefficient (Wildman–Crippen LogP) is 0.982. The van der Waals surface area contributed by atoms with Gasteiger partial charge in [0.25, 0.3) is 5.69 Å². The van der Waals surface area contributed by atoms with Gasteiger partial charge in [0, 0.05) is 6.07 Å². The van der Waals surface area contributed by atoms with Gasteiger partial charge in [-0.3, -0.25) is 14.9 Å². The van der Waals surface area contributed by atoms with Crippen molar-refractivity contribution in [1.29, 1.82) is 0 Å². The van der Waals surface area contributed by atoms with Crippen LogP contribution in [-0.2, 0) is 14.8 Å². The molecule has 1 rings (SSSR count). The Balaban J connectivity index is 3.24. The third-order valence-electron chi connectivity index (χ3n) is 2.57.